The van der Waals surface area contributed by atoms with Crippen LogP contribution in [0.15, 0.2) is 83.8 Å². The van der Waals surface area contributed by atoms with Crippen molar-refractivity contribution in [2.45, 2.75) is 19.4 Å². The quantitative estimate of drug-likeness (QED) is 0.323. The van der Waals surface area contributed by atoms with Gasteiger partial charge in [-0.05, 0) is 73.2 Å². The van der Waals surface area contributed by atoms with E-state index in [1.807, 2.05) is 83.7 Å². The van der Waals surface area contributed by atoms with Crippen molar-refractivity contribution in [1.82, 2.24) is 24.4 Å². The topological polar surface area (TPSA) is 83.5 Å². The number of fused-ring (bicyclic) bond motifs is 2. The molecule has 0 radical (unpaired) electrons. The van der Waals surface area contributed by atoms with E-state index in [0.29, 0.717) is 15.3 Å². The van der Waals surface area contributed by atoms with Crippen molar-refractivity contribution >= 4 is 22.4 Å². The summed E-state index contributed by atoms with van der Waals surface area (Å²) in [6, 6.07) is 23.5. The van der Waals surface area contributed by atoms with E-state index >= 15 is 0 Å². The van der Waals surface area contributed by atoms with Crippen molar-refractivity contribution in [3.63, 3.8) is 0 Å². The molecule has 1 unspecified atom stereocenters. The summed E-state index contributed by atoms with van der Waals surface area (Å²) in [5.41, 5.74) is 5.30. The van der Waals surface area contributed by atoms with E-state index in [1.165, 1.54) is 15.9 Å². The first kappa shape index (κ1) is 23.4. The van der Waals surface area contributed by atoms with Crippen molar-refractivity contribution < 1.29 is 9.47 Å². The summed E-state index contributed by atoms with van der Waals surface area (Å²) in [7, 11) is 1.62. The van der Waals surface area contributed by atoms with Crippen molar-refractivity contribution in [3.8, 4) is 39.8 Å². The molecule has 1 aliphatic rings. The lowest BCUT2D eigenvalue weighted by Gasteiger charge is -2.04. The predicted octanol–water partition coefficient (Wildman–Crippen LogP) is 4.55. The third kappa shape index (κ3) is 4.17. The lowest BCUT2D eigenvalue weighted by molar-refractivity contribution is 0.254. The van der Waals surface area contributed by atoms with Crippen LogP contribution in [0.3, 0.4) is 0 Å². The summed E-state index contributed by atoms with van der Waals surface area (Å²) in [5.74, 6) is 2.16. The van der Waals surface area contributed by atoms with E-state index in [9.17, 15) is 4.79 Å². The van der Waals surface area contributed by atoms with E-state index in [4.69, 9.17) is 14.6 Å². The fourth-order valence-electron chi connectivity index (χ4n) is 4.84. The molecule has 0 bridgehead atoms. The Morgan fingerprint density at radius 2 is 1.82 bits per heavy atom. The fraction of sp³-hybridized carbons (Fsp3) is 0.133. The number of nitrogens with zero attached hydrogens (tertiary/aromatic N) is 5. The van der Waals surface area contributed by atoms with Crippen LogP contribution in [-0.4, -0.2) is 37.6 Å². The second-order valence-corrected chi connectivity index (χ2v) is 10.5. The number of para-hydroxylation sites is 1. The molecule has 6 aromatic rings. The van der Waals surface area contributed by atoms with Gasteiger partial charge < -0.3 is 9.47 Å². The maximum atomic E-state index is 13.4. The second-order valence-electron chi connectivity index (χ2n) is 9.44. The molecule has 1 aliphatic heterocycles. The van der Waals surface area contributed by atoms with Crippen LogP contribution in [0.1, 0.15) is 18.1 Å². The molecule has 9 heteroatoms. The van der Waals surface area contributed by atoms with E-state index in [2.05, 4.69) is 23.1 Å². The van der Waals surface area contributed by atoms with Crippen LogP contribution in [0.5, 0.6) is 11.5 Å². The van der Waals surface area contributed by atoms with Gasteiger partial charge in [0.05, 0.1) is 17.3 Å². The molecule has 0 aliphatic carbocycles. The smallest absolute Gasteiger partial charge is 0.291 e. The van der Waals surface area contributed by atoms with Crippen molar-refractivity contribution in [2.24, 2.45) is 0 Å². The minimum atomic E-state index is -0.211. The summed E-state index contributed by atoms with van der Waals surface area (Å²) in [5, 5.41) is 9.42. The molecule has 1 atom stereocenters. The van der Waals surface area contributed by atoms with Crippen molar-refractivity contribution in [1.29, 1.82) is 0 Å². The van der Waals surface area contributed by atoms with Gasteiger partial charge in [-0.3, -0.25) is 4.79 Å². The average molecular weight is 534 g/mol. The average Bonchev–Trinajstić information content (AvgIpc) is 3.73. The van der Waals surface area contributed by atoms with Crippen LogP contribution in [0, 0.1) is 0 Å². The summed E-state index contributed by atoms with van der Waals surface area (Å²) in [6.45, 7) is 2.07. The minimum Gasteiger partial charge on any atom is -0.497 e. The molecule has 0 N–H and O–H groups in total. The van der Waals surface area contributed by atoms with E-state index < -0.39 is 0 Å². The Morgan fingerprint density at radius 1 is 1.03 bits per heavy atom. The lowest BCUT2D eigenvalue weighted by atomic mass is 10.0. The lowest BCUT2D eigenvalue weighted by Crippen LogP contribution is -2.23. The van der Waals surface area contributed by atoms with Gasteiger partial charge in [-0.1, -0.05) is 29.5 Å². The van der Waals surface area contributed by atoms with Crippen LogP contribution in [0.2, 0.25) is 0 Å². The highest BCUT2D eigenvalue weighted by Gasteiger charge is 2.21. The molecule has 8 nitrogen and oxygen atoms in total. The zero-order valence-corrected chi connectivity index (χ0v) is 22.1. The summed E-state index contributed by atoms with van der Waals surface area (Å²) < 4.78 is 14.9. The zero-order valence-electron chi connectivity index (χ0n) is 21.2. The van der Waals surface area contributed by atoms with Gasteiger partial charge in [-0.2, -0.15) is 14.6 Å². The van der Waals surface area contributed by atoms with Gasteiger partial charge >= 0.3 is 0 Å². The number of aromatic nitrogens is 5. The molecule has 0 fully saturated rings. The van der Waals surface area contributed by atoms with Gasteiger partial charge in [-0.15, -0.1) is 5.10 Å². The van der Waals surface area contributed by atoms with Gasteiger partial charge in [-0.25, -0.2) is 4.68 Å². The first-order chi connectivity index (χ1) is 19.1. The molecule has 0 saturated heterocycles. The Hall–Kier alpha value is -4.76. The third-order valence-electron chi connectivity index (χ3n) is 6.75. The first-order valence-corrected chi connectivity index (χ1v) is 13.4. The van der Waals surface area contributed by atoms with Crippen LogP contribution >= 0.6 is 11.3 Å². The molecule has 3 aromatic carbocycles. The first-order valence-electron chi connectivity index (χ1n) is 12.6. The largest absolute Gasteiger partial charge is 0.497 e. The molecule has 7 rings (SSSR count). The number of rotatable bonds is 5. The second kappa shape index (κ2) is 9.21. The molecule has 192 valence electrons. The monoisotopic (exact) mass is 533 g/mol. The highest BCUT2D eigenvalue weighted by atomic mass is 32.1. The van der Waals surface area contributed by atoms with Gasteiger partial charge in [0.15, 0.2) is 5.82 Å². The number of methoxy groups -OCH3 is 1. The molecule has 0 spiro atoms. The Labute approximate surface area is 227 Å². The fourth-order valence-corrected chi connectivity index (χ4v) is 5.74. The molecular weight excluding hydrogens is 510 g/mol. The van der Waals surface area contributed by atoms with Crippen LogP contribution in [-0.2, 0) is 6.42 Å². The van der Waals surface area contributed by atoms with E-state index in [1.54, 1.807) is 7.11 Å². The maximum absolute atomic E-state index is 13.4. The van der Waals surface area contributed by atoms with Crippen LogP contribution in [0.4, 0.5) is 0 Å². The van der Waals surface area contributed by atoms with E-state index in [0.717, 1.165) is 51.6 Å². The van der Waals surface area contributed by atoms with Gasteiger partial charge in [0.25, 0.3) is 5.56 Å². The number of thiazole rings is 1. The number of benzene rings is 3. The third-order valence-corrected chi connectivity index (χ3v) is 7.71. The Morgan fingerprint density at radius 3 is 2.59 bits per heavy atom. The minimum absolute atomic E-state index is 0.156. The summed E-state index contributed by atoms with van der Waals surface area (Å²) >= 11 is 1.31. The molecule has 3 aromatic heterocycles. The summed E-state index contributed by atoms with van der Waals surface area (Å²) in [6.07, 6.45) is 4.85. The van der Waals surface area contributed by atoms with Gasteiger partial charge in [0.2, 0.25) is 4.96 Å². The molecule has 0 amide bonds. The zero-order chi connectivity index (χ0) is 26.5. The number of hydrogen-bond donors (Lipinski definition) is 0. The highest BCUT2D eigenvalue weighted by Crippen LogP contribution is 2.34. The number of ether oxygens (including phenoxy) is 2. The molecule has 39 heavy (non-hydrogen) atoms. The highest BCUT2D eigenvalue weighted by molar-refractivity contribution is 7.15. The SMILES string of the molecule is COc1ccc(-c2nc3s/c(=C\c4cn(-c5ccccc5)nc4-c4ccc5c(c4)CC(C)O5)c(=O)n3n2)cc1. The molecule has 0 saturated carbocycles. The number of hydrogen-bond acceptors (Lipinski definition) is 7. The van der Waals surface area contributed by atoms with Crippen molar-refractivity contribution in [2.75, 3.05) is 7.11 Å². The van der Waals surface area contributed by atoms with E-state index in [-0.39, 0.29) is 11.7 Å². The molecular formula is C30H23N5O3S. The molecule has 4 heterocycles. The van der Waals surface area contributed by atoms with Crippen molar-refractivity contribution in [3.05, 3.63) is 105 Å². The summed E-state index contributed by atoms with van der Waals surface area (Å²) in [4.78, 5) is 18.5. The van der Waals surface area contributed by atoms with Crippen LogP contribution < -0.4 is 19.6 Å². The Bertz CT molecular complexity index is 1940. The van der Waals surface area contributed by atoms with Gasteiger partial charge in [0.1, 0.15) is 23.3 Å². The van der Waals surface area contributed by atoms with Crippen LogP contribution in [0.25, 0.3) is 39.4 Å². The standard InChI is InChI=1S/C30H23N5O3S/c1-18-14-21-15-20(10-13-25(21)38-18)27-22(17-34(32-27)23-6-4-3-5-7-23)16-26-29(36)35-30(39-26)31-28(33-35)19-8-11-24(37-2)12-9-19/h3-13,15-18H,14H2,1-2H3/b26-16-. The predicted molar refractivity (Wildman–Crippen MR) is 151 cm³/mol. The van der Waals surface area contributed by atoms with Gasteiger partial charge in [0, 0.05) is 29.3 Å². The maximum Gasteiger partial charge on any atom is 0.291 e. The Kier molecular flexibility index (Phi) is 5.52. The Balaban J connectivity index is 1.33. The normalized spacial score (nSPS) is 15.0.